The summed E-state index contributed by atoms with van der Waals surface area (Å²) < 4.78 is 1.06. The van der Waals surface area contributed by atoms with Gasteiger partial charge in [0.1, 0.15) is 0 Å². The van der Waals surface area contributed by atoms with Gasteiger partial charge in [-0.3, -0.25) is 0 Å². The molecule has 1 atom stereocenters. The molecule has 22 heavy (non-hydrogen) atoms. The maximum Gasteiger partial charge on any atom is 0.171 e. The highest BCUT2D eigenvalue weighted by Crippen LogP contribution is 2.28. The number of hydrogen-bond donors (Lipinski definition) is 2. The lowest BCUT2D eigenvalue weighted by atomic mass is 10.1. The molecule has 0 saturated carbocycles. The molecule has 2 rings (SSSR count). The second-order valence-corrected chi connectivity index (χ2v) is 6.95. The lowest BCUT2D eigenvalue weighted by Gasteiger charge is -2.20. The third-order valence-electron chi connectivity index (χ3n) is 3.39. The molecule has 0 spiro atoms. The minimum Gasteiger partial charge on any atom is -0.356 e. The van der Waals surface area contributed by atoms with E-state index in [-0.39, 0.29) is 6.04 Å². The summed E-state index contributed by atoms with van der Waals surface area (Å²) in [5.41, 5.74) is 4.21. The van der Waals surface area contributed by atoms with E-state index in [1.165, 1.54) is 0 Å². The van der Waals surface area contributed by atoms with Crippen LogP contribution < -0.4 is 10.6 Å². The van der Waals surface area contributed by atoms with E-state index in [1.807, 2.05) is 38.1 Å². The number of rotatable bonds is 3. The average molecular weight is 398 g/mol. The van der Waals surface area contributed by atoms with Crippen molar-refractivity contribution in [2.75, 3.05) is 5.32 Å². The largest absolute Gasteiger partial charge is 0.356 e. The van der Waals surface area contributed by atoms with Gasteiger partial charge in [-0.25, -0.2) is 0 Å². The molecule has 0 heterocycles. The van der Waals surface area contributed by atoms with Crippen LogP contribution in [0, 0.1) is 13.8 Å². The molecule has 116 valence electrons. The van der Waals surface area contributed by atoms with Gasteiger partial charge in [0.25, 0.3) is 0 Å². The first-order valence-corrected chi connectivity index (χ1v) is 8.55. The van der Waals surface area contributed by atoms with Crippen LogP contribution in [0.25, 0.3) is 0 Å². The van der Waals surface area contributed by atoms with Crippen LogP contribution >= 0.6 is 39.7 Å². The van der Waals surface area contributed by atoms with Gasteiger partial charge < -0.3 is 10.6 Å². The fourth-order valence-electron chi connectivity index (χ4n) is 2.32. The molecule has 0 unspecified atom stereocenters. The normalized spacial score (nSPS) is 11.9. The molecule has 0 aliphatic rings. The third kappa shape index (κ3) is 4.22. The van der Waals surface area contributed by atoms with Gasteiger partial charge in [0.15, 0.2) is 5.11 Å². The molecule has 0 saturated heterocycles. The average Bonchev–Trinajstić information content (AvgIpc) is 2.43. The summed E-state index contributed by atoms with van der Waals surface area (Å²) in [7, 11) is 0. The number of hydrogen-bond acceptors (Lipinski definition) is 1. The summed E-state index contributed by atoms with van der Waals surface area (Å²) in [6, 6.07) is 12.2. The van der Waals surface area contributed by atoms with E-state index in [1.54, 1.807) is 0 Å². The van der Waals surface area contributed by atoms with Crippen molar-refractivity contribution in [1.82, 2.24) is 5.32 Å². The monoisotopic (exact) mass is 396 g/mol. The number of halogens is 2. The van der Waals surface area contributed by atoms with E-state index in [0.717, 1.165) is 26.9 Å². The first-order chi connectivity index (χ1) is 10.4. The molecule has 2 N–H and O–H groups in total. The van der Waals surface area contributed by atoms with Crippen LogP contribution in [-0.4, -0.2) is 5.11 Å². The summed E-state index contributed by atoms with van der Waals surface area (Å²) in [5.74, 6) is 0. The van der Waals surface area contributed by atoms with Crippen LogP contribution in [0.5, 0.6) is 0 Å². The molecule has 5 heteroatoms. The first-order valence-electron chi connectivity index (χ1n) is 6.97. The smallest absolute Gasteiger partial charge is 0.171 e. The lowest BCUT2D eigenvalue weighted by Crippen LogP contribution is -2.31. The fourth-order valence-corrected chi connectivity index (χ4v) is 3.60. The van der Waals surface area contributed by atoms with Crippen molar-refractivity contribution < 1.29 is 0 Å². The minimum atomic E-state index is 0.0834. The van der Waals surface area contributed by atoms with Gasteiger partial charge in [-0.05, 0) is 61.8 Å². The van der Waals surface area contributed by atoms with E-state index in [0.29, 0.717) is 10.1 Å². The Bertz CT molecular complexity index is 680. The quantitative estimate of drug-likeness (QED) is 0.643. The van der Waals surface area contributed by atoms with Crippen LogP contribution in [-0.2, 0) is 0 Å². The van der Waals surface area contributed by atoms with Crippen LogP contribution in [0.15, 0.2) is 40.9 Å². The maximum absolute atomic E-state index is 6.30. The highest BCUT2D eigenvalue weighted by molar-refractivity contribution is 9.10. The van der Waals surface area contributed by atoms with E-state index in [4.69, 9.17) is 23.8 Å². The summed E-state index contributed by atoms with van der Waals surface area (Å²) in [5, 5.41) is 7.71. The van der Waals surface area contributed by atoms with Crippen LogP contribution in [0.4, 0.5) is 5.69 Å². The molecule has 0 aliphatic heterocycles. The van der Waals surface area contributed by atoms with Crippen molar-refractivity contribution in [2.24, 2.45) is 0 Å². The van der Waals surface area contributed by atoms with Crippen molar-refractivity contribution in [1.29, 1.82) is 0 Å². The van der Waals surface area contributed by atoms with E-state index in [2.05, 4.69) is 45.6 Å². The molecule has 2 aromatic rings. The van der Waals surface area contributed by atoms with Crippen molar-refractivity contribution in [3.8, 4) is 0 Å². The lowest BCUT2D eigenvalue weighted by molar-refractivity contribution is 0.719. The zero-order chi connectivity index (χ0) is 16.3. The van der Waals surface area contributed by atoms with Crippen LogP contribution in [0.1, 0.15) is 29.7 Å². The topological polar surface area (TPSA) is 24.1 Å². The van der Waals surface area contributed by atoms with Gasteiger partial charge >= 0.3 is 0 Å². The van der Waals surface area contributed by atoms with Gasteiger partial charge in [-0.15, -0.1) is 0 Å². The highest BCUT2D eigenvalue weighted by atomic mass is 79.9. The molecule has 2 nitrogen and oxygen atoms in total. The molecule has 0 fully saturated rings. The standard InChI is InChI=1S/C17H18BrClN2S/c1-10-8-11(2)16(15(19)9-10)21-17(22)20-12(3)13-6-4-5-7-14(13)18/h4-9,12H,1-3H3,(H2,20,21,22)/t12-/m0/s1. The van der Waals surface area contributed by atoms with Gasteiger partial charge in [-0.2, -0.15) is 0 Å². The summed E-state index contributed by atoms with van der Waals surface area (Å²) in [4.78, 5) is 0. The zero-order valence-electron chi connectivity index (χ0n) is 12.7. The zero-order valence-corrected chi connectivity index (χ0v) is 15.9. The highest BCUT2D eigenvalue weighted by Gasteiger charge is 2.12. The Balaban J connectivity index is 2.09. The second-order valence-electron chi connectivity index (χ2n) is 5.28. The van der Waals surface area contributed by atoms with Crippen molar-refractivity contribution in [2.45, 2.75) is 26.8 Å². The summed E-state index contributed by atoms with van der Waals surface area (Å²) in [6.45, 7) is 6.10. The summed E-state index contributed by atoms with van der Waals surface area (Å²) >= 11 is 15.3. The Labute approximate surface area is 150 Å². The number of thiocarbonyl (C=S) groups is 1. The van der Waals surface area contributed by atoms with Gasteiger partial charge in [-0.1, -0.05) is 51.8 Å². The van der Waals surface area contributed by atoms with Crippen molar-refractivity contribution in [3.05, 3.63) is 62.6 Å². The Morgan fingerprint density at radius 2 is 1.91 bits per heavy atom. The van der Waals surface area contributed by atoms with E-state index < -0.39 is 0 Å². The Morgan fingerprint density at radius 1 is 1.23 bits per heavy atom. The predicted molar refractivity (Wildman–Crippen MR) is 103 cm³/mol. The number of nitrogens with one attached hydrogen (secondary N) is 2. The summed E-state index contributed by atoms with van der Waals surface area (Å²) in [6.07, 6.45) is 0. The Morgan fingerprint density at radius 3 is 2.55 bits per heavy atom. The van der Waals surface area contributed by atoms with Crippen molar-refractivity contribution in [3.63, 3.8) is 0 Å². The molecular weight excluding hydrogens is 380 g/mol. The van der Waals surface area contributed by atoms with E-state index in [9.17, 15) is 0 Å². The molecule has 0 bridgehead atoms. The molecular formula is C17H18BrClN2S. The Kier molecular flexibility index (Phi) is 5.84. The predicted octanol–water partition coefficient (Wildman–Crippen LogP) is 5.77. The van der Waals surface area contributed by atoms with Gasteiger partial charge in [0.2, 0.25) is 0 Å². The number of aryl methyl sites for hydroxylation is 2. The Hall–Kier alpha value is -1.10. The molecule has 0 radical (unpaired) electrons. The van der Waals surface area contributed by atoms with Crippen LogP contribution in [0.3, 0.4) is 0 Å². The SMILES string of the molecule is Cc1cc(C)c(NC(=S)N[C@@H](C)c2ccccc2Br)c(Cl)c1. The molecule has 0 aromatic heterocycles. The second kappa shape index (κ2) is 7.44. The van der Waals surface area contributed by atoms with Gasteiger partial charge in [0, 0.05) is 4.47 Å². The molecule has 2 aromatic carbocycles. The molecule has 0 aliphatic carbocycles. The third-order valence-corrected chi connectivity index (χ3v) is 4.63. The van der Waals surface area contributed by atoms with E-state index >= 15 is 0 Å². The first kappa shape index (κ1) is 17.3. The minimum absolute atomic E-state index is 0.0834. The number of anilines is 1. The molecule has 0 amide bonds. The fraction of sp³-hybridized carbons (Fsp3) is 0.235. The van der Waals surface area contributed by atoms with Gasteiger partial charge in [0.05, 0.1) is 16.8 Å². The van der Waals surface area contributed by atoms with Crippen molar-refractivity contribution >= 4 is 50.5 Å². The maximum atomic E-state index is 6.30. The number of benzene rings is 2. The van der Waals surface area contributed by atoms with Crippen LogP contribution in [0.2, 0.25) is 5.02 Å².